The number of hydrogen-bond donors (Lipinski definition) is 0. The van der Waals surface area contributed by atoms with E-state index in [2.05, 4.69) is 67.7 Å². The third kappa shape index (κ3) is 8.41. The number of carbonyl (C=O) groups is 4. The number of imide groups is 2. The van der Waals surface area contributed by atoms with Crippen molar-refractivity contribution in [2.45, 2.75) is 149 Å². The molecule has 2 aliphatic rings. The highest BCUT2D eigenvalue weighted by Gasteiger charge is 2.61. The highest BCUT2D eigenvalue weighted by atomic mass is 28.4. The van der Waals surface area contributed by atoms with Gasteiger partial charge in [0.2, 0.25) is 5.91 Å². The van der Waals surface area contributed by atoms with Crippen LogP contribution in [0.5, 0.6) is 0 Å². The Hall–Kier alpha value is -2.03. The van der Waals surface area contributed by atoms with Crippen molar-refractivity contribution in [3.05, 3.63) is 12.2 Å². The normalized spacial score (nSPS) is 23.9. The summed E-state index contributed by atoms with van der Waals surface area (Å²) in [6.45, 7) is 31.4. The standard InChI is InChI=1S/C32H58N2O8Si2/c1-28(2,3)41-26(37)33-23(20-39-43(13,14)30(7,8)9)22(19-25(33)36)32(21-40-44(15,16)31(10,11)12)18-17-24(35)34(32)27(38)42-29(4,5)6/h17-18,22-23H,19-21H2,1-16H3/t22?,23-,32?/m1/s1. The lowest BCUT2D eigenvalue weighted by Gasteiger charge is -2.47. The first-order chi connectivity index (χ1) is 19.5. The Labute approximate surface area is 267 Å². The highest BCUT2D eigenvalue weighted by molar-refractivity contribution is 6.74. The number of rotatable bonds is 7. The fraction of sp³-hybridized carbons (Fsp3) is 0.812. The molecule has 0 saturated carbocycles. The molecule has 1 saturated heterocycles. The molecular formula is C32H58N2O8Si2. The Bertz CT molecular complexity index is 1150. The lowest BCUT2D eigenvalue weighted by atomic mass is 9.79. The summed E-state index contributed by atoms with van der Waals surface area (Å²) in [4.78, 5) is 56.9. The van der Waals surface area contributed by atoms with Gasteiger partial charge in [0.25, 0.3) is 5.91 Å². The van der Waals surface area contributed by atoms with Crippen molar-refractivity contribution in [3.8, 4) is 0 Å². The molecule has 0 aromatic heterocycles. The fourth-order valence-electron chi connectivity index (χ4n) is 4.71. The second-order valence-corrected chi connectivity index (χ2v) is 26.8. The van der Waals surface area contributed by atoms with Gasteiger partial charge in [0.1, 0.15) is 16.7 Å². The number of hydrogen-bond acceptors (Lipinski definition) is 8. The molecule has 1 fully saturated rings. The Kier molecular flexibility index (Phi) is 10.7. The van der Waals surface area contributed by atoms with Crippen molar-refractivity contribution in [2.75, 3.05) is 13.2 Å². The monoisotopic (exact) mass is 654 g/mol. The molecule has 0 aromatic carbocycles. The summed E-state index contributed by atoms with van der Waals surface area (Å²) in [7, 11) is -4.79. The molecule has 10 nitrogen and oxygen atoms in total. The predicted molar refractivity (Wildman–Crippen MR) is 176 cm³/mol. The van der Waals surface area contributed by atoms with Gasteiger partial charge >= 0.3 is 12.2 Å². The van der Waals surface area contributed by atoms with Crippen molar-refractivity contribution < 1.29 is 37.5 Å². The summed E-state index contributed by atoms with van der Waals surface area (Å²) in [5.41, 5.74) is -3.15. The minimum absolute atomic E-state index is 0.0260. The first kappa shape index (κ1) is 38.2. The summed E-state index contributed by atoms with van der Waals surface area (Å²) in [6.07, 6.45) is 1.25. The van der Waals surface area contributed by atoms with E-state index in [1.807, 2.05) is 0 Å². The van der Waals surface area contributed by atoms with Gasteiger partial charge in [-0.25, -0.2) is 19.4 Å². The van der Waals surface area contributed by atoms with Crippen molar-refractivity contribution in [2.24, 2.45) is 5.92 Å². The molecule has 0 aliphatic carbocycles. The van der Waals surface area contributed by atoms with Crippen molar-refractivity contribution in [1.82, 2.24) is 9.80 Å². The maximum Gasteiger partial charge on any atom is 0.418 e. The van der Waals surface area contributed by atoms with Crippen LogP contribution in [0.15, 0.2) is 12.2 Å². The van der Waals surface area contributed by atoms with E-state index in [4.69, 9.17) is 18.3 Å². The number of carbonyl (C=O) groups excluding carboxylic acids is 4. The Balaban J connectivity index is 2.76. The van der Waals surface area contributed by atoms with Gasteiger partial charge in [-0.2, -0.15) is 0 Å². The summed E-state index contributed by atoms with van der Waals surface area (Å²) in [5, 5.41) is -0.313. The van der Waals surface area contributed by atoms with Gasteiger partial charge in [-0.15, -0.1) is 0 Å². The zero-order valence-electron chi connectivity index (χ0n) is 30.1. The fourth-order valence-corrected chi connectivity index (χ4v) is 6.75. The Morgan fingerprint density at radius 1 is 0.795 bits per heavy atom. The van der Waals surface area contributed by atoms with Crippen molar-refractivity contribution >= 4 is 40.6 Å². The van der Waals surface area contributed by atoms with Gasteiger partial charge in [0.05, 0.1) is 19.3 Å². The average molecular weight is 655 g/mol. The Morgan fingerprint density at radius 2 is 1.25 bits per heavy atom. The largest absolute Gasteiger partial charge is 0.443 e. The van der Waals surface area contributed by atoms with E-state index in [1.165, 1.54) is 6.08 Å². The number of likely N-dealkylation sites (tertiary alicyclic amines) is 1. The molecule has 2 heterocycles. The molecule has 3 atom stereocenters. The summed E-state index contributed by atoms with van der Waals surface area (Å²) < 4.78 is 24.8. The number of nitrogens with zero attached hydrogens (tertiary/aromatic N) is 2. The molecule has 44 heavy (non-hydrogen) atoms. The van der Waals surface area contributed by atoms with E-state index in [0.717, 1.165) is 9.80 Å². The summed E-state index contributed by atoms with van der Waals surface area (Å²) in [5.74, 6) is -1.77. The van der Waals surface area contributed by atoms with E-state index in [1.54, 1.807) is 47.6 Å². The second kappa shape index (κ2) is 12.3. The molecule has 0 radical (unpaired) electrons. The van der Waals surface area contributed by atoms with E-state index < -0.39 is 69.3 Å². The minimum atomic E-state index is -2.43. The zero-order chi connectivity index (χ0) is 34.5. The molecule has 2 rings (SSSR count). The van der Waals surface area contributed by atoms with Crippen LogP contribution >= 0.6 is 0 Å². The van der Waals surface area contributed by atoms with Crippen LogP contribution in [0.2, 0.25) is 36.3 Å². The summed E-state index contributed by atoms with van der Waals surface area (Å²) >= 11 is 0. The Morgan fingerprint density at radius 3 is 1.70 bits per heavy atom. The number of ether oxygens (including phenoxy) is 2. The van der Waals surface area contributed by atoms with E-state index in [-0.39, 0.29) is 29.7 Å². The zero-order valence-corrected chi connectivity index (χ0v) is 32.1. The van der Waals surface area contributed by atoms with Crippen LogP contribution in [0, 0.1) is 5.92 Å². The van der Waals surface area contributed by atoms with Gasteiger partial charge in [0, 0.05) is 18.4 Å². The first-order valence-electron chi connectivity index (χ1n) is 15.6. The number of amides is 4. The van der Waals surface area contributed by atoms with Gasteiger partial charge in [0.15, 0.2) is 16.6 Å². The molecule has 2 unspecified atom stereocenters. The predicted octanol–water partition coefficient (Wildman–Crippen LogP) is 7.25. The average Bonchev–Trinajstić information content (AvgIpc) is 3.29. The van der Waals surface area contributed by atoms with Crippen LogP contribution in [-0.4, -0.2) is 86.4 Å². The molecular weight excluding hydrogens is 597 g/mol. The minimum Gasteiger partial charge on any atom is -0.443 e. The molecule has 2 aliphatic heterocycles. The van der Waals surface area contributed by atoms with Crippen LogP contribution in [0.3, 0.4) is 0 Å². The maximum atomic E-state index is 13.8. The van der Waals surface area contributed by atoms with E-state index in [0.29, 0.717) is 0 Å². The molecule has 12 heteroatoms. The molecule has 0 bridgehead atoms. The third-order valence-electron chi connectivity index (χ3n) is 9.31. The maximum absolute atomic E-state index is 13.8. The smallest absolute Gasteiger partial charge is 0.418 e. The van der Waals surface area contributed by atoms with Crippen LogP contribution < -0.4 is 0 Å². The lowest BCUT2D eigenvalue weighted by Crippen LogP contribution is -2.63. The molecule has 0 aromatic rings. The van der Waals surface area contributed by atoms with Gasteiger partial charge in [-0.3, -0.25) is 9.59 Å². The molecule has 4 amide bonds. The van der Waals surface area contributed by atoms with Gasteiger partial charge in [-0.05, 0) is 77.8 Å². The lowest BCUT2D eigenvalue weighted by molar-refractivity contribution is -0.131. The second-order valence-electron chi connectivity index (χ2n) is 17.2. The van der Waals surface area contributed by atoms with Crippen LogP contribution in [0.4, 0.5) is 9.59 Å². The SMILES string of the molecule is CC(C)(C)OC(=O)N1C(=O)CC(C2(CO[Si](C)(C)C(C)(C)C)C=CC(=O)N2C(=O)OC(C)(C)C)[C@H]1CO[Si](C)(C)C(C)(C)C. The van der Waals surface area contributed by atoms with Crippen LogP contribution in [0.25, 0.3) is 0 Å². The topological polar surface area (TPSA) is 112 Å². The van der Waals surface area contributed by atoms with Gasteiger partial charge < -0.3 is 18.3 Å². The van der Waals surface area contributed by atoms with Gasteiger partial charge in [-0.1, -0.05) is 47.6 Å². The van der Waals surface area contributed by atoms with Crippen molar-refractivity contribution in [1.29, 1.82) is 0 Å². The van der Waals surface area contributed by atoms with E-state index in [9.17, 15) is 19.2 Å². The third-order valence-corrected chi connectivity index (χ3v) is 18.3. The molecule has 0 spiro atoms. The molecule has 0 N–H and O–H groups in total. The van der Waals surface area contributed by atoms with E-state index >= 15 is 0 Å². The molecule has 252 valence electrons. The first-order valence-corrected chi connectivity index (χ1v) is 21.4. The van der Waals surface area contributed by atoms with Crippen LogP contribution in [-0.2, 0) is 27.9 Å². The highest BCUT2D eigenvalue weighted by Crippen LogP contribution is 2.46. The van der Waals surface area contributed by atoms with Crippen molar-refractivity contribution in [3.63, 3.8) is 0 Å². The quantitative estimate of drug-likeness (QED) is 0.264. The summed E-state index contributed by atoms with van der Waals surface area (Å²) in [6, 6.07) is -0.838. The van der Waals surface area contributed by atoms with Crippen LogP contribution in [0.1, 0.15) is 89.5 Å².